The Morgan fingerprint density at radius 3 is 2.38 bits per heavy atom. The third-order valence-electron chi connectivity index (χ3n) is 12.5. The monoisotopic (exact) mass is 836 g/mol. The van der Waals surface area contributed by atoms with Crippen LogP contribution < -0.4 is 15.0 Å². The van der Waals surface area contributed by atoms with Crippen molar-refractivity contribution >= 4 is 45.2 Å². The molecule has 1 saturated carbocycles. The highest BCUT2D eigenvalue weighted by atomic mass is 19.4. The molecule has 3 amide bonds. The second-order valence-electron chi connectivity index (χ2n) is 16.5. The van der Waals surface area contributed by atoms with Crippen molar-refractivity contribution in [2.24, 2.45) is 13.0 Å². The van der Waals surface area contributed by atoms with Crippen molar-refractivity contribution < 1.29 is 41.8 Å². The number of anilines is 1. The van der Waals surface area contributed by atoms with Gasteiger partial charge in [0.1, 0.15) is 12.1 Å². The standard InChI is InChI=1S/C46H47F3N6O6/c1-27-7-13-39(43(56)52-27)55-44(57)35-12-10-31(20-36(35)45(55)58)54-25-30(26-54)42(46(47,48)49)60-18-6-4-3-5-17-59-32-21-33(22-32)61-41-14-9-29(23-51-41)28-8-11-34-37-24-50-16-15-38(37)53(2)40(34)19-28/h8-12,14-16,19-20,23-24,30,32-33,39,42H,1,3-7,13,17-18,21-22,25-26H2,2H3,(H,52,56). The predicted molar refractivity (Wildman–Crippen MR) is 222 cm³/mol. The molecule has 3 aliphatic heterocycles. The number of benzene rings is 2. The number of nitrogens with zero attached hydrogens (tertiary/aromatic N) is 5. The number of carbonyl (C=O) groups excluding carboxylic acids is 3. The van der Waals surface area contributed by atoms with Crippen LogP contribution in [0.2, 0.25) is 0 Å². The lowest BCUT2D eigenvalue weighted by Gasteiger charge is -2.45. The van der Waals surface area contributed by atoms with E-state index in [-0.39, 0.29) is 49.5 Å². The van der Waals surface area contributed by atoms with Crippen LogP contribution >= 0.6 is 0 Å². The van der Waals surface area contributed by atoms with E-state index in [1.807, 2.05) is 36.8 Å². The Morgan fingerprint density at radius 2 is 1.62 bits per heavy atom. The minimum absolute atomic E-state index is 0.00292. The van der Waals surface area contributed by atoms with E-state index in [0.29, 0.717) is 36.7 Å². The highest BCUT2D eigenvalue weighted by Gasteiger charge is 2.50. The number of pyridine rings is 2. The van der Waals surface area contributed by atoms with Crippen molar-refractivity contribution in [3.05, 3.63) is 96.6 Å². The molecule has 1 N–H and O–H groups in total. The number of allylic oxidation sites excluding steroid dienone is 1. The van der Waals surface area contributed by atoms with Crippen LogP contribution in [-0.2, 0) is 21.3 Å². The molecule has 1 aliphatic carbocycles. The van der Waals surface area contributed by atoms with Crippen LogP contribution in [0.3, 0.4) is 0 Å². The largest absolute Gasteiger partial charge is 0.474 e. The number of piperidine rings is 1. The van der Waals surface area contributed by atoms with Gasteiger partial charge in [0.2, 0.25) is 11.8 Å². The van der Waals surface area contributed by atoms with Gasteiger partial charge in [-0.05, 0) is 67.6 Å². The van der Waals surface area contributed by atoms with Gasteiger partial charge in [-0.15, -0.1) is 0 Å². The molecule has 3 fully saturated rings. The SMILES string of the molecule is C=C1CCC(N2C(=O)c3ccc(N4CC(C(OCCCCCCOC5CC(Oc6ccc(-c7ccc8c9cnccc9n(C)c8c7)cn6)C5)C(F)(F)F)C4)cc3C2=O)C(=O)N1. The number of imide groups is 1. The first kappa shape index (κ1) is 40.6. The Hall–Kier alpha value is -5.80. The number of nitrogens with one attached hydrogen (secondary N) is 1. The van der Waals surface area contributed by atoms with Gasteiger partial charge in [-0.1, -0.05) is 31.6 Å². The zero-order valence-corrected chi connectivity index (χ0v) is 33.8. The van der Waals surface area contributed by atoms with Crippen molar-refractivity contribution in [1.29, 1.82) is 0 Å². The van der Waals surface area contributed by atoms with Crippen molar-refractivity contribution in [2.45, 2.75) is 81.9 Å². The minimum atomic E-state index is -4.52. The molecule has 0 spiro atoms. The quantitative estimate of drug-likeness (QED) is 0.0832. The van der Waals surface area contributed by atoms with Crippen LogP contribution in [0.4, 0.5) is 18.9 Å². The van der Waals surface area contributed by atoms with E-state index >= 15 is 0 Å². The summed E-state index contributed by atoms with van der Waals surface area (Å²) in [5, 5.41) is 4.89. The van der Waals surface area contributed by atoms with Crippen molar-refractivity contribution in [1.82, 2.24) is 24.8 Å². The number of hydrogen-bond acceptors (Lipinski definition) is 9. The molecule has 5 aromatic rings. The first-order valence-electron chi connectivity index (χ1n) is 20.9. The second kappa shape index (κ2) is 16.6. The summed E-state index contributed by atoms with van der Waals surface area (Å²) in [6, 6.07) is 16.1. The van der Waals surface area contributed by atoms with Gasteiger partial charge in [-0.3, -0.25) is 24.3 Å². The zero-order valence-electron chi connectivity index (χ0n) is 33.8. The fourth-order valence-corrected chi connectivity index (χ4v) is 8.94. The van der Waals surface area contributed by atoms with Crippen LogP contribution in [0.1, 0.15) is 72.1 Å². The smallest absolute Gasteiger partial charge is 0.415 e. The fourth-order valence-electron chi connectivity index (χ4n) is 8.94. The number of unbranched alkanes of at least 4 members (excludes halogenated alkanes) is 3. The number of halogens is 3. The number of aromatic nitrogens is 3. The third kappa shape index (κ3) is 8.08. The Kier molecular flexibility index (Phi) is 11.0. The Bertz CT molecular complexity index is 2490. The Balaban J connectivity index is 0.658. The number of alkyl halides is 3. The lowest BCUT2D eigenvalue weighted by Crippen LogP contribution is -2.56. The molecule has 15 heteroatoms. The maximum Gasteiger partial charge on any atom is 0.415 e. The highest BCUT2D eigenvalue weighted by Crippen LogP contribution is 2.39. The van der Waals surface area contributed by atoms with Crippen molar-refractivity contribution in [3.8, 4) is 17.0 Å². The maximum absolute atomic E-state index is 14.1. The maximum atomic E-state index is 14.1. The highest BCUT2D eigenvalue weighted by molar-refractivity contribution is 6.23. The predicted octanol–water partition coefficient (Wildman–Crippen LogP) is 7.75. The summed E-state index contributed by atoms with van der Waals surface area (Å²) in [5.41, 5.74) is 5.74. The fraction of sp³-hybridized carbons (Fsp3) is 0.413. The molecule has 2 atom stereocenters. The van der Waals surface area contributed by atoms with E-state index in [4.69, 9.17) is 14.2 Å². The molecule has 318 valence electrons. The molecular weight excluding hydrogens is 790 g/mol. The third-order valence-corrected chi connectivity index (χ3v) is 12.5. The number of rotatable bonds is 15. The summed E-state index contributed by atoms with van der Waals surface area (Å²) in [6.07, 6.45) is 4.44. The molecule has 3 aromatic heterocycles. The molecule has 61 heavy (non-hydrogen) atoms. The topological polar surface area (TPSA) is 128 Å². The average molecular weight is 837 g/mol. The summed E-state index contributed by atoms with van der Waals surface area (Å²) >= 11 is 0. The van der Waals surface area contributed by atoms with E-state index in [9.17, 15) is 27.6 Å². The summed E-state index contributed by atoms with van der Waals surface area (Å²) in [5.74, 6) is -1.79. The van der Waals surface area contributed by atoms with E-state index < -0.39 is 42.0 Å². The molecule has 2 saturated heterocycles. The molecule has 0 bridgehead atoms. The van der Waals surface area contributed by atoms with E-state index in [1.54, 1.807) is 11.0 Å². The molecule has 12 nitrogen and oxygen atoms in total. The second-order valence-corrected chi connectivity index (χ2v) is 16.5. The van der Waals surface area contributed by atoms with Crippen LogP contribution in [0.25, 0.3) is 32.9 Å². The normalized spacial score (nSPS) is 21.1. The first-order valence-corrected chi connectivity index (χ1v) is 20.9. The van der Waals surface area contributed by atoms with Gasteiger partial charge in [0.05, 0.1) is 22.7 Å². The van der Waals surface area contributed by atoms with Crippen LogP contribution in [-0.4, -0.2) is 94.0 Å². The van der Waals surface area contributed by atoms with Gasteiger partial charge in [0.15, 0.2) is 6.10 Å². The molecule has 4 aliphatic rings. The van der Waals surface area contributed by atoms with Gasteiger partial charge in [0.25, 0.3) is 11.8 Å². The minimum Gasteiger partial charge on any atom is -0.474 e. The summed E-state index contributed by atoms with van der Waals surface area (Å²) in [4.78, 5) is 50.4. The number of amides is 3. The molecule has 0 radical (unpaired) electrons. The lowest BCUT2D eigenvalue weighted by molar-refractivity contribution is -0.238. The van der Waals surface area contributed by atoms with Gasteiger partial charge >= 0.3 is 6.18 Å². The summed E-state index contributed by atoms with van der Waals surface area (Å²) in [6.45, 7) is 4.51. The van der Waals surface area contributed by atoms with E-state index in [2.05, 4.69) is 51.7 Å². The average Bonchev–Trinajstić information content (AvgIpc) is 3.64. The number of fused-ring (bicyclic) bond motifs is 4. The van der Waals surface area contributed by atoms with Crippen molar-refractivity contribution in [2.75, 3.05) is 31.2 Å². The Labute approximate surface area is 350 Å². The number of carbonyl (C=O) groups is 3. The number of ether oxygens (including phenoxy) is 3. The molecule has 9 rings (SSSR count). The van der Waals surface area contributed by atoms with Crippen LogP contribution in [0.15, 0.2) is 85.5 Å². The Morgan fingerprint density at radius 1 is 0.852 bits per heavy atom. The molecule has 2 aromatic carbocycles. The van der Waals surface area contributed by atoms with Gasteiger partial charge < -0.3 is 29.0 Å². The van der Waals surface area contributed by atoms with Gasteiger partial charge in [0, 0.05) is 110 Å². The van der Waals surface area contributed by atoms with Crippen molar-refractivity contribution in [3.63, 3.8) is 0 Å². The van der Waals surface area contributed by atoms with E-state index in [0.717, 1.165) is 69.9 Å². The molecule has 2 unspecified atom stereocenters. The summed E-state index contributed by atoms with van der Waals surface area (Å²) in [7, 11) is 2.06. The molecule has 6 heterocycles. The van der Waals surface area contributed by atoms with E-state index in [1.165, 1.54) is 12.1 Å². The first-order chi connectivity index (χ1) is 29.4. The van der Waals surface area contributed by atoms with Crippen LogP contribution in [0, 0.1) is 5.92 Å². The lowest BCUT2D eigenvalue weighted by atomic mass is 9.91. The summed E-state index contributed by atoms with van der Waals surface area (Å²) < 4.78 is 61.9. The van der Waals surface area contributed by atoms with Crippen LogP contribution in [0.5, 0.6) is 5.88 Å². The zero-order chi connectivity index (χ0) is 42.4. The number of aryl methyl sites for hydroxylation is 1. The van der Waals surface area contributed by atoms with Gasteiger partial charge in [-0.25, -0.2) is 4.98 Å². The van der Waals surface area contributed by atoms with Gasteiger partial charge in [-0.2, -0.15) is 13.2 Å². The number of hydrogen-bond donors (Lipinski definition) is 1. The molecular formula is C46H47F3N6O6.